The van der Waals surface area contributed by atoms with Crippen LogP contribution in [0.3, 0.4) is 0 Å². The molecule has 4 rings (SSSR count). The van der Waals surface area contributed by atoms with Gasteiger partial charge in [-0.3, -0.25) is 4.79 Å². The number of carboxylic acid groups (broad SMARTS) is 1. The minimum absolute atomic E-state index is 0.144. The minimum atomic E-state index is -1.42. The number of halogens is 1. The number of thiophene rings is 1. The van der Waals surface area contributed by atoms with E-state index in [4.69, 9.17) is 21.4 Å². The van der Waals surface area contributed by atoms with E-state index in [0.29, 0.717) is 34.1 Å². The third kappa shape index (κ3) is 2.73. The summed E-state index contributed by atoms with van der Waals surface area (Å²) < 4.78 is 7.19. The summed E-state index contributed by atoms with van der Waals surface area (Å²) in [6.45, 7) is 0.449. The molecule has 0 amide bonds. The number of aromatic nitrogens is 1. The quantitative estimate of drug-likeness (QED) is 0.671. The molecule has 25 heavy (non-hydrogen) atoms. The lowest BCUT2D eigenvalue weighted by atomic mass is 10.0. The standard InChI is InChI=1S/C18H12ClNO4S/c19-14-8-11-6-7-20-15(16(11)25-14)13(24-18(22)23)9-12(17(20)21)10-4-2-1-3-5-10/h1-5,8-9H,6-7H2,(H,22,23). The second kappa shape index (κ2) is 6.06. The van der Waals surface area contributed by atoms with Gasteiger partial charge in [-0.05, 0) is 29.7 Å². The van der Waals surface area contributed by atoms with Crippen molar-refractivity contribution in [2.45, 2.75) is 13.0 Å². The van der Waals surface area contributed by atoms with Crippen molar-refractivity contribution in [3.8, 4) is 27.4 Å². The Bertz CT molecular complexity index is 1040. The third-order valence-electron chi connectivity index (χ3n) is 4.14. The molecule has 3 heterocycles. The highest BCUT2D eigenvalue weighted by molar-refractivity contribution is 7.19. The number of carbonyl (C=O) groups is 1. The number of ether oxygens (including phenoxy) is 1. The molecule has 0 aliphatic carbocycles. The summed E-state index contributed by atoms with van der Waals surface area (Å²) >= 11 is 7.43. The smallest absolute Gasteiger partial charge is 0.449 e. The zero-order valence-corrected chi connectivity index (χ0v) is 14.4. The number of aryl methyl sites for hydroxylation is 1. The Labute approximate surface area is 151 Å². The van der Waals surface area contributed by atoms with Crippen molar-refractivity contribution in [2.24, 2.45) is 0 Å². The molecular weight excluding hydrogens is 362 g/mol. The van der Waals surface area contributed by atoms with E-state index in [0.717, 1.165) is 10.4 Å². The predicted molar refractivity (Wildman–Crippen MR) is 96.8 cm³/mol. The highest BCUT2D eigenvalue weighted by atomic mass is 35.5. The first-order valence-electron chi connectivity index (χ1n) is 7.57. The molecular formula is C18H12ClNO4S. The van der Waals surface area contributed by atoms with E-state index >= 15 is 0 Å². The summed E-state index contributed by atoms with van der Waals surface area (Å²) in [6.07, 6.45) is -0.758. The number of pyridine rings is 1. The van der Waals surface area contributed by atoms with Crippen molar-refractivity contribution in [3.05, 3.63) is 62.7 Å². The molecule has 126 valence electrons. The predicted octanol–water partition coefficient (Wildman–Crippen LogP) is 4.51. The summed E-state index contributed by atoms with van der Waals surface area (Å²) in [5.41, 5.74) is 2.43. The summed E-state index contributed by atoms with van der Waals surface area (Å²) in [6, 6.07) is 12.5. The Morgan fingerprint density at radius 1 is 1.24 bits per heavy atom. The van der Waals surface area contributed by atoms with Crippen LogP contribution >= 0.6 is 22.9 Å². The summed E-state index contributed by atoms with van der Waals surface area (Å²) in [5.74, 6) is 0.144. The van der Waals surface area contributed by atoms with Crippen molar-refractivity contribution < 1.29 is 14.6 Å². The van der Waals surface area contributed by atoms with Gasteiger partial charge in [-0.15, -0.1) is 11.3 Å². The van der Waals surface area contributed by atoms with Gasteiger partial charge in [0, 0.05) is 6.54 Å². The second-order valence-electron chi connectivity index (χ2n) is 5.62. The van der Waals surface area contributed by atoms with Crippen molar-refractivity contribution >= 4 is 29.1 Å². The summed E-state index contributed by atoms with van der Waals surface area (Å²) in [7, 11) is 0. The van der Waals surface area contributed by atoms with Gasteiger partial charge in [-0.1, -0.05) is 41.9 Å². The van der Waals surface area contributed by atoms with E-state index in [1.807, 2.05) is 36.4 Å². The largest absolute Gasteiger partial charge is 0.511 e. The van der Waals surface area contributed by atoms with Gasteiger partial charge in [-0.2, -0.15) is 0 Å². The minimum Gasteiger partial charge on any atom is -0.449 e. The van der Waals surface area contributed by atoms with Crippen LogP contribution in [-0.2, 0) is 13.0 Å². The van der Waals surface area contributed by atoms with Gasteiger partial charge in [0.25, 0.3) is 5.56 Å². The van der Waals surface area contributed by atoms with Crippen molar-refractivity contribution in [3.63, 3.8) is 0 Å². The Morgan fingerprint density at radius 3 is 2.72 bits per heavy atom. The van der Waals surface area contributed by atoms with Gasteiger partial charge in [0.15, 0.2) is 5.75 Å². The maximum Gasteiger partial charge on any atom is 0.511 e. The maximum atomic E-state index is 13.0. The molecule has 1 aliphatic rings. The van der Waals surface area contributed by atoms with Crippen LogP contribution < -0.4 is 10.3 Å². The molecule has 0 saturated heterocycles. The number of fused-ring (bicyclic) bond motifs is 3. The Kier molecular flexibility index (Phi) is 3.86. The Balaban J connectivity index is 2.02. The first-order valence-corrected chi connectivity index (χ1v) is 8.76. The Morgan fingerprint density at radius 2 is 2.00 bits per heavy atom. The molecule has 2 aromatic heterocycles. The average Bonchev–Trinajstić information content (AvgIpc) is 2.97. The van der Waals surface area contributed by atoms with E-state index in [9.17, 15) is 9.59 Å². The van der Waals surface area contributed by atoms with Crippen LogP contribution in [0.15, 0.2) is 47.3 Å². The van der Waals surface area contributed by atoms with E-state index in [2.05, 4.69) is 0 Å². The molecule has 7 heteroatoms. The highest BCUT2D eigenvalue weighted by Crippen LogP contribution is 2.43. The van der Waals surface area contributed by atoms with Gasteiger partial charge < -0.3 is 14.4 Å². The van der Waals surface area contributed by atoms with Crippen LogP contribution in [0.25, 0.3) is 21.7 Å². The fraction of sp³-hybridized carbons (Fsp3) is 0.111. The molecule has 5 nitrogen and oxygen atoms in total. The fourth-order valence-corrected chi connectivity index (χ4v) is 4.46. The number of hydrogen-bond donors (Lipinski definition) is 1. The fourth-order valence-electron chi connectivity index (χ4n) is 3.10. The first-order chi connectivity index (χ1) is 12.0. The van der Waals surface area contributed by atoms with Crippen LogP contribution in [0.2, 0.25) is 4.34 Å². The van der Waals surface area contributed by atoms with Crippen LogP contribution in [0, 0.1) is 0 Å². The zero-order valence-electron chi connectivity index (χ0n) is 12.9. The van der Waals surface area contributed by atoms with Crippen LogP contribution in [0.1, 0.15) is 5.56 Å². The zero-order chi connectivity index (χ0) is 17.6. The first kappa shape index (κ1) is 15.9. The summed E-state index contributed by atoms with van der Waals surface area (Å²) in [4.78, 5) is 25.0. The molecule has 0 bridgehead atoms. The van der Waals surface area contributed by atoms with E-state index in [-0.39, 0.29) is 11.3 Å². The normalized spacial score (nSPS) is 12.4. The average molecular weight is 374 g/mol. The van der Waals surface area contributed by atoms with Crippen molar-refractivity contribution in [1.29, 1.82) is 0 Å². The summed E-state index contributed by atoms with van der Waals surface area (Å²) in [5, 5.41) is 9.12. The molecule has 1 aliphatic heterocycles. The molecule has 1 aromatic carbocycles. The molecule has 0 atom stereocenters. The molecule has 3 aromatic rings. The highest BCUT2D eigenvalue weighted by Gasteiger charge is 2.27. The molecule has 1 N–H and O–H groups in total. The molecule has 0 saturated carbocycles. The number of rotatable bonds is 2. The second-order valence-corrected chi connectivity index (χ2v) is 7.30. The maximum absolute atomic E-state index is 13.0. The van der Waals surface area contributed by atoms with Crippen molar-refractivity contribution in [2.75, 3.05) is 0 Å². The van der Waals surface area contributed by atoms with E-state index in [1.54, 1.807) is 4.57 Å². The van der Waals surface area contributed by atoms with Gasteiger partial charge in [-0.25, -0.2) is 4.79 Å². The lowest BCUT2D eigenvalue weighted by Gasteiger charge is -2.22. The molecule has 0 spiro atoms. The molecule has 0 radical (unpaired) electrons. The van der Waals surface area contributed by atoms with Gasteiger partial charge >= 0.3 is 6.16 Å². The SMILES string of the molecule is O=C(O)Oc1cc(-c2ccccc2)c(=O)n2c1-c1sc(Cl)cc1CC2. The number of benzene rings is 1. The molecule has 0 unspecified atom stereocenters. The van der Waals surface area contributed by atoms with Crippen LogP contribution in [0.5, 0.6) is 5.75 Å². The van der Waals surface area contributed by atoms with Gasteiger partial charge in [0.2, 0.25) is 0 Å². The number of nitrogens with zero attached hydrogens (tertiary/aromatic N) is 1. The third-order valence-corrected chi connectivity index (χ3v) is 5.45. The lowest BCUT2D eigenvalue weighted by molar-refractivity contribution is 0.144. The Hall–Kier alpha value is -2.57. The molecule has 0 fully saturated rings. The number of hydrogen-bond acceptors (Lipinski definition) is 4. The monoisotopic (exact) mass is 373 g/mol. The topological polar surface area (TPSA) is 68.5 Å². The lowest BCUT2D eigenvalue weighted by Crippen LogP contribution is -2.27. The van der Waals surface area contributed by atoms with E-state index in [1.165, 1.54) is 17.4 Å². The van der Waals surface area contributed by atoms with Crippen LogP contribution in [-0.4, -0.2) is 15.8 Å². The van der Waals surface area contributed by atoms with Gasteiger partial charge in [0.1, 0.15) is 5.69 Å². The van der Waals surface area contributed by atoms with E-state index < -0.39 is 6.16 Å². The van der Waals surface area contributed by atoms with Crippen molar-refractivity contribution in [1.82, 2.24) is 4.57 Å². The van der Waals surface area contributed by atoms with Gasteiger partial charge in [0.05, 0.1) is 14.8 Å². The van der Waals surface area contributed by atoms with Crippen LogP contribution in [0.4, 0.5) is 4.79 Å².